The molecule has 0 aliphatic carbocycles. The lowest BCUT2D eigenvalue weighted by atomic mass is 10.0. The zero-order valence-corrected chi connectivity index (χ0v) is 13.2. The van der Waals surface area contributed by atoms with Crippen LogP contribution >= 0.6 is 23.2 Å². The number of hydrogen-bond donors (Lipinski definition) is 0. The third-order valence-corrected chi connectivity index (χ3v) is 4.14. The van der Waals surface area contributed by atoms with E-state index in [0.717, 1.165) is 13.1 Å². The minimum atomic E-state index is 0.604. The fourth-order valence-corrected chi connectivity index (χ4v) is 3.18. The molecule has 0 saturated carbocycles. The van der Waals surface area contributed by atoms with Crippen molar-refractivity contribution in [2.24, 2.45) is 0 Å². The molecule has 3 heteroatoms. The Morgan fingerprint density at radius 3 is 2.14 bits per heavy atom. The van der Waals surface area contributed by atoms with E-state index < -0.39 is 0 Å². The molecule has 1 nitrogen and oxygen atoms in total. The minimum Gasteiger partial charge on any atom is -0.369 e. The molecule has 0 heterocycles. The Kier molecular flexibility index (Phi) is 4.52. The normalized spacial score (nSPS) is 11.1. The fourth-order valence-electron chi connectivity index (χ4n) is 2.77. The lowest BCUT2D eigenvalue weighted by molar-refractivity contribution is 0.875. The number of hydrogen-bond acceptors (Lipinski definition) is 1. The molecule has 0 spiro atoms. The first-order valence-corrected chi connectivity index (χ1v) is 8.19. The van der Waals surface area contributed by atoms with E-state index in [1.807, 2.05) is 0 Å². The first-order valence-electron chi connectivity index (χ1n) is 7.12. The summed E-state index contributed by atoms with van der Waals surface area (Å²) in [7, 11) is 0. The van der Waals surface area contributed by atoms with Crippen LogP contribution in [0.15, 0.2) is 54.6 Å². The van der Waals surface area contributed by atoms with Gasteiger partial charge in [-0.25, -0.2) is 0 Å². The number of rotatable bonds is 5. The lowest BCUT2D eigenvalue weighted by Gasteiger charge is -2.23. The number of benzene rings is 3. The van der Waals surface area contributed by atoms with Crippen molar-refractivity contribution in [2.75, 3.05) is 29.7 Å². The van der Waals surface area contributed by atoms with Crippen LogP contribution in [-0.4, -0.2) is 24.8 Å². The second kappa shape index (κ2) is 6.55. The van der Waals surface area contributed by atoms with Gasteiger partial charge in [0, 0.05) is 30.5 Å². The summed E-state index contributed by atoms with van der Waals surface area (Å²) < 4.78 is 0. The van der Waals surface area contributed by atoms with E-state index in [-0.39, 0.29) is 0 Å². The molecule has 3 rings (SSSR count). The van der Waals surface area contributed by atoms with Crippen LogP contribution in [0.2, 0.25) is 0 Å². The van der Waals surface area contributed by atoms with Crippen LogP contribution in [-0.2, 0) is 0 Å². The van der Waals surface area contributed by atoms with Gasteiger partial charge in [0.1, 0.15) is 0 Å². The highest BCUT2D eigenvalue weighted by Gasteiger charge is 2.07. The molecule has 0 N–H and O–H groups in total. The Morgan fingerprint density at radius 2 is 1.38 bits per heavy atom. The summed E-state index contributed by atoms with van der Waals surface area (Å²) in [6.07, 6.45) is 0. The Hall–Kier alpha value is -1.44. The molecule has 0 saturated heterocycles. The van der Waals surface area contributed by atoms with Crippen molar-refractivity contribution in [3.05, 3.63) is 54.6 Å². The number of fused-ring (bicyclic) bond motifs is 3. The summed E-state index contributed by atoms with van der Waals surface area (Å²) >= 11 is 11.8. The molecular formula is C18H17Cl2N. The minimum absolute atomic E-state index is 0.604. The third-order valence-electron chi connectivity index (χ3n) is 3.80. The highest BCUT2D eigenvalue weighted by Crippen LogP contribution is 2.28. The largest absolute Gasteiger partial charge is 0.369 e. The average molecular weight is 318 g/mol. The number of alkyl halides is 2. The summed E-state index contributed by atoms with van der Waals surface area (Å²) in [5.74, 6) is 1.21. The van der Waals surface area contributed by atoms with Gasteiger partial charge in [0.25, 0.3) is 0 Å². The van der Waals surface area contributed by atoms with Gasteiger partial charge in [-0.15, -0.1) is 23.2 Å². The highest BCUT2D eigenvalue weighted by molar-refractivity contribution is 6.18. The van der Waals surface area contributed by atoms with Crippen LogP contribution in [0.4, 0.5) is 5.69 Å². The van der Waals surface area contributed by atoms with Gasteiger partial charge >= 0.3 is 0 Å². The molecule has 0 unspecified atom stereocenters. The maximum Gasteiger partial charge on any atom is 0.0399 e. The summed E-state index contributed by atoms with van der Waals surface area (Å²) in [5.41, 5.74) is 1.18. The standard InChI is InChI=1S/C18H17Cl2N/c19-9-11-21(12-10-20)16-7-8-18-15(13-16)6-5-14-3-1-2-4-17(14)18/h1-8,13H,9-12H2. The molecule has 0 aliphatic heterocycles. The monoisotopic (exact) mass is 317 g/mol. The van der Waals surface area contributed by atoms with E-state index in [0.29, 0.717) is 11.8 Å². The summed E-state index contributed by atoms with van der Waals surface area (Å²) in [6.45, 7) is 1.63. The third kappa shape index (κ3) is 2.95. The van der Waals surface area contributed by atoms with Gasteiger partial charge in [0.2, 0.25) is 0 Å². The van der Waals surface area contributed by atoms with Crippen molar-refractivity contribution in [1.29, 1.82) is 0 Å². The molecule has 0 aromatic heterocycles. The van der Waals surface area contributed by atoms with Gasteiger partial charge in [-0.3, -0.25) is 0 Å². The second-order valence-electron chi connectivity index (χ2n) is 5.06. The Bertz CT molecular complexity index is 748. The first kappa shape index (κ1) is 14.5. The Morgan fingerprint density at radius 1 is 0.714 bits per heavy atom. The van der Waals surface area contributed by atoms with Crippen LogP contribution in [0.1, 0.15) is 0 Å². The maximum atomic E-state index is 5.89. The van der Waals surface area contributed by atoms with Gasteiger partial charge in [-0.1, -0.05) is 42.5 Å². The van der Waals surface area contributed by atoms with E-state index in [1.54, 1.807) is 0 Å². The molecule has 3 aromatic carbocycles. The van der Waals surface area contributed by atoms with Crippen LogP contribution in [0.25, 0.3) is 21.5 Å². The van der Waals surface area contributed by atoms with Crippen molar-refractivity contribution in [2.45, 2.75) is 0 Å². The zero-order chi connectivity index (χ0) is 14.7. The summed E-state index contributed by atoms with van der Waals surface area (Å²) in [5, 5.41) is 5.10. The maximum absolute atomic E-state index is 5.89. The second-order valence-corrected chi connectivity index (χ2v) is 5.81. The summed E-state index contributed by atoms with van der Waals surface area (Å²) in [4.78, 5) is 2.23. The summed E-state index contributed by atoms with van der Waals surface area (Å²) in [6, 6.07) is 19.4. The van der Waals surface area contributed by atoms with Gasteiger partial charge in [0.15, 0.2) is 0 Å². The molecule has 0 aliphatic rings. The van der Waals surface area contributed by atoms with Crippen molar-refractivity contribution in [3.8, 4) is 0 Å². The smallest absolute Gasteiger partial charge is 0.0399 e. The molecule has 0 amide bonds. The molecule has 0 atom stereocenters. The molecule has 0 bridgehead atoms. The number of halogens is 2. The Balaban J connectivity index is 2.09. The van der Waals surface area contributed by atoms with Crippen LogP contribution in [0.3, 0.4) is 0 Å². The van der Waals surface area contributed by atoms with E-state index in [4.69, 9.17) is 23.2 Å². The van der Waals surface area contributed by atoms with Gasteiger partial charge in [-0.05, 0) is 33.7 Å². The van der Waals surface area contributed by atoms with Crippen molar-refractivity contribution >= 4 is 50.4 Å². The number of anilines is 1. The SMILES string of the molecule is ClCCN(CCCl)c1ccc2c(ccc3ccccc32)c1. The van der Waals surface area contributed by atoms with Crippen LogP contribution in [0, 0.1) is 0 Å². The zero-order valence-electron chi connectivity index (χ0n) is 11.7. The van der Waals surface area contributed by atoms with Crippen LogP contribution in [0.5, 0.6) is 0 Å². The number of nitrogens with zero attached hydrogens (tertiary/aromatic N) is 1. The molecule has 0 radical (unpaired) electrons. The van der Waals surface area contributed by atoms with Crippen molar-refractivity contribution in [3.63, 3.8) is 0 Å². The molecule has 108 valence electrons. The predicted octanol–water partition coefficient (Wildman–Crippen LogP) is 5.28. The molecule has 0 fully saturated rings. The molecular weight excluding hydrogens is 301 g/mol. The topological polar surface area (TPSA) is 3.24 Å². The van der Waals surface area contributed by atoms with Gasteiger partial charge in [-0.2, -0.15) is 0 Å². The lowest BCUT2D eigenvalue weighted by Crippen LogP contribution is -2.27. The average Bonchev–Trinajstić information content (AvgIpc) is 2.54. The quantitative estimate of drug-likeness (QED) is 0.457. The van der Waals surface area contributed by atoms with E-state index >= 15 is 0 Å². The van der Waals surface area contributed by atoms with Crippen molar-refractivity contribution in [1.82, 2.24) is 0 Å². The van der Waals surface area contributed by atoms with Gasteiger partial charge in [0.05, 0.1) is 0 Å². The molecule has 21 heavy (non-hydrogen) atoms. The van der Waals surface area contributed by atoms with E-state index in [2.05, 4.69) is 59.5 Å². The molecule has 3 aromatic rings. The highest BCUT2D eigenvalue weighted by atomic mass is 35.5. The Labute approximate surface area is 135 Å². The van der Waals surface area contributed by atoms with E-state index in [1.165, 1.54) is 27.2 Å². The van der Waals surface area contributed by atoms with Crippen molar-refractivity contribution < 1.29 is 0 Å². The van der Waals surface area contributed by atoms with Crippen LogP contribution < -0.4 is 4.90 Å². The van der Waals surface area contributed by atoms with Gasteiger partial charge < -0.3 is 4.90 Å². The predicted molar refractivity (Wildman–Crippen MR) is 95.1 cm³/mol. The first-order chi connectivity index (χ1) is 10.3. The van der Waals surface area contributed by atoms with E-state index in [9.17, 15) is 0 Å². The fraction of sp³-hybridized carbons (Fsp3) is 0.222.